The Morgan fingerprint density at radius 2 is 2.25 bits per heavy atom. The van der Waals surface area contributed by atoms with Gasteiger partial charge in [0.1, 0.15) is 5.75 Å². The molecule has 1 heterocycles. The Labute approximate surface area is 119 Å². The molecule has 0 atom stereocenters. The van der Waals surface area contributed by atoms with Gasteiger partial charge in [0, 0.05) is 18.8 Å². The van der Waals surface area contributed by atoms with E-state index in [9.17, 15) is 9.18 Å². The molecule has 0 saturated carbocycles. The van der Waals surface area contributed by atoms with E-state index >= 15 is 0 Å². The molecule has 0 aliphatic rings. The fourth-order valence-corrected chi connectivity index (χ4v) is 1.50. The molecule has 1 aromatic carbocycles. The first kappa shape index (κ1) is 14.0. The summed E-state index contributed by atoms with van der Waals surface area (Å²) >= 11 is 5.60. The Hall–Kier alpha value is -2.41. The second-order valence-electron chi connectivity index (χ2n) is 3.63. The summed E-state index contributed by atoms with van der Waals surface area (Å²) in [7, 11) is 1.45. The van der Waals surface area contributed by atoms with E-state index in [2.05, 4.69) is 20.6 Å². The smallest absolute Gasteiger partial charge is 0.410 e. The fourth-order valence-electron chi connectivity index (χ4n) is 1.37. The molecular formula is C12H10ClFN4O2. The molecule has 0 bridgehead atoms. The average molecular weight is 297 g/mol. The molecule has 0 aliphatic heterocycles. The van der Waals surface area contributed by atoms with Gasteiger partial charge in [0.05, 0.1) is 6.20 Å². The topological polar surface area (TPSA) is 76.1 Å². The third kappa shape index (κ3) is 3.55. The van der Waals surface area contributed by atoms with E-state index in [-0.39, 0.29) is 11.1 Å². The third-order valence-electron chi connectivity index (χ3n) is 2.23. The van der Waals surface area contributed by atoms with Gasteiger partial charge in [-0.2, -0.15) is 4.98 Å². The molecule has 104 valence electrons. The lowest BCUT2D eigenvalue weighted by Gasteiger charge is -2.08. The van der Waals surface area contributed by atoms with Crippen LogP contribution in [0.25, 0.3) is 0 Å². The van der Waals surface area contributed by atoms with E-state index in [1.807, 2.05) is 0 Å². The lowest BCUT2D eigenvalue weighted by Crippen LogP contribution is -2.22. The highest BCUT2D eigenvalue weighted by Gasteiger charge is 2.07. The standard InChI is InChI=1S/C12H10ClFN4O2/c1-15-12(19)20-8-4-2-3-7(5-8)17-10-9(14)6-16-11(13)18-10/h2-6H,1H3,(H,15,19)(H,16,17,18). The number of carbonyl (C=O) groups is 1. The highest BCUT2D eigenvalue weighted by molar-refractivity contribution is 6.28. The van der Waals surface area contributed by atoms with Crippen molar-refractivity contribution in [1.29, 1.82) is 0 Å². The Bertz CT molecular complexity index is 639. The first-order valence-electron chi connectivity index (χ1n) is 5.53. The van der Waals surface area contributed by atoms with Crippen LogP contribution in [-0.2, 0) is 0 Å². The molecule has 6 nitrogen and oxygen atoms in total. The fraction of sp³-hybridized carbons (Fsp3) is 0.0833. The van der Waals surface area contributed by atoms with Crippen LogP contribution in [0.1, 0.15) is 0 Å². The van der Waals surface area contributed by atoms with Crippen molar-refractivity contribution in [1.82, 2.24) is 15.3 Å². The first-order valence-corrected chi connectivity index (χ1v) is 5.91. The number of rotatable bonds is 3. The number of hydrogen-bond acceptors (Lipinski definition) is 5. The Kier molecular flexibility index (Phi) is 4.31. The second kappa shape index (κ2) is 6.16. The molecule has 0 spiro atoms. The van der Waals surface area contributed by atoms with Crippen LogP contribution in [0.4, 0.5) is 20.7 Å². The van der Waals surface area contributed by atoms with Crippen molar-refractivity contribution in [2.75, 3.05) is 12.4 Å². The number of nitrogens with one attached hydrogen (secondary N) is 2. The summed E-state index contributed by atoms with van der Waals surface area (Å²) in [6.07, 6.45) is 0.362. The van der Waals surface area contributed by atoms with Crippen molar-refractivity contribution < 1.29 is 13.9 Å². The minimum absolute atomic E-state index is 0.0675. The quantitative estimate of drug-likeness (QED) is 0.852. The molecule has 20 heavy (non-hydrogen) atoms. The summed E-state index contributed by atoms with van der Waals surface area (Å²) in [6, 6.07) is 6.40. The molecule has 0 radical (unpaired) electrons. The summed E-state index contributed by atoms with van der Waals surface area (Å²) in [5, 5.41) is 4.96. The molecule has 1 aromatic heterocycles. The van der Waals surface area contributed by atoms with E-state index in [1.165, 1.54) is 13.1 Å². The van der Waals surface area contributed by atoms with Crippen molar-refractivity contribution in [3.8, 4) is 5.75 Å². The normalized spacial score (nSPS) is 9.95. The molecule has 0 fully saturated rings. The second-order valence-corrected chi connectivity index (χ2v) is 3.97. The minimum Gasteiger partial charge on any atom is -0.410 e. The van der Waals surface area contributed by atoms with Crippen LogP contribution in [-0.4, -0.2) is 23.1 Å². The van der Waals surface area contributed by atoms with Crippen molar-refractivity contribution in [2.45, 2.75) is 0 Å². The van der Waals surface area contributed by atoms with Crippen molar-refractivity contribution >= 4 is 29.2 Å². The van der Waals surface area contributed by atoms with E-state index < -0.39 is 11.9 Å². The van der Waals surface area contributed by atoms with Crippen molar-refractivity contribution in [3.63, 3.8) is 0 Å². The van der Waals surface area contributed by atoms with Gasteiger partial charge in [0.15, 0.2) is 11.6 Å². The van der Waals surface area contributed by atoms with Crippen LogP contribution in [0.15, 0.2) is 30.5 Å². The highest BCUT2D eigenvalue weighted by atomic mass is 35.5. The molecule has 2 N–H and O–H groups in total. The maximum absolute atomic E-state index is 13.5. The summed E-state index contributed by atoms with van der Waals surface area (Å²) < 4.78 is 18.4. The summed E-state index contributed by atoms with van der Waals surface area (Å²) in [6.45, 7) is 0. The van der Waals surface area contributed by atoms with Crippen LogP contribution in [0, 0.1) is 5.82 Å². The predicted molar refractivity (Wildman–Crippen MR) is 71.8 cm³/mol. The van der Waals surface area contributed by atoms with Crippen LogP contribution in [0.5, 0.6) is 5.75 Å². The highest BCUT2D eigenvalue weighted by Crippen LogP contribution is 2.22. The molecule has 2 aromatic rings. The zero-order chi connectivity index (χ0) is 14.5. The first-order chi connectivity index (χ1) is 9.58. The average Bonchev–Trinajstić information content (AvgIpc) is 2.43. The van der Waals surface area contributed by atoms with E-state index in [4.69, 9.17) is 16.3 Å². The van der Waals surface area contributed by atoms with E-state index in [0.29, 0.717) is 11.4 Å². The number of halogens is 2. The van der Waals surface area contributed by atoms with Crippen molar-refractivity contribution in [3.05, 3.63) is 41.6 Å². The van der Waals surface area contributed by atoms with E-state index in [0.717, 1.165) is 6.20 Å². The van der Waals surface area contributed by atoms with Gasteiger partial charge in [-0.15, -0.1) is 0 Å². The van der Waals surface area contributed by atoms with Gasteiger partial charge in [0.25, 0.3) is 0 Å². The van der Waals surface area contributed by atoms with Crippen LogP contribution in [0.2, 0.25) is 5.28 Å². The van der Waals surface area contributed by atoms with E-state index in [1.54, 1.807) is 18.2 Å². The lowest BCUT2D eigenvalue weighted by atomic mass is 10.3. The van der Waals surface area contributed by atoms with Gasteiger partial charge >= 0.3 is 6.09 Å². The minimum atomic E-state index is -0.646. The number of benzene rings is 1. The summed E-state index contributed by atoms with van der Waals surface area (Å²) in [4.78, 5) is 18.3. The molecule has 0 unspecified atom stereocenters. The number of amides is 1. The third-order valence-corrected chi connectivity index (χ3v) is 2.41. The molecule has 0 saturated heterocycles. The van der Waals surface area contributed by atoms with Gasteiger partial charge in [-0.25, -0.2) is 14.2 Å². The number of carbonyl (C=O) groups excluding carboxylic acids is 1. The zero-order valence-corrected chi connectivity index (χ0v) is 11.1. The number of aromatic nitrogens is 2. The number of anilines is 2. The van der Waals surface area contributed by atoms with Gasteiger partial charge in [-0.3, -0.25) is 0 Å². The number of hydrogen-bond donors (Lipinski definition) is 2. The summed E-state index contributed by atoms with van der Waals surface area (Å²) in [5.41, 5.74) is 0.486. The van der Waals surface area contributed by atoms with Gasteiger partial charge in [0.2, 0.25) is 5.28 Å². The summed E-state index contributed by atoms with van der Waals surface area (Å²) in [5.74, 6) is -0.413. The lowest BCUT2D eigenvalue weighted by molar-refractivity contribution is 0.203. The monoisotopic (exact) mass is 296 g/mol. The molecule has 2 rings (SSSR count). The maximum Gasteiger partial charge on any atom is 0.412 e. The van der Waals surface area contributed by atoms with Gasteiger partial charge in [-0.05, 0) is 23.7 Å². The largest absolute Gasteiger partial charge is 0.412 e. The molecule has 1 amide bonds. The number of ether oxygens (including phenoxy) is 1. The molecular weight excluding hydrogens is 287 g/mol. The Morgan fingerprint density at radius 1 is 1.45 bits per heavy atom. The number of nitrogens with zero attached hydrogens (tertiary/aromatic N) is 2. The molecule has 8 heteroatoms. The maximum atomic E-state index is 13.5. The zero-order valence-electron chi connectivity index (χ0n) is 10.4. The predicted octanol–water partition coefficient (Wildman–Crippen LogP) is 2.73. The van der Waals surface area contributed by atoms with Crippen LogP contribution < -0.4 is 15.4 Å². The SMILES string of the molecule is CNC(=O)Oc1cccc(Nc2nc(Cl)ncc2F)c1. The van der Waals surface area contributed by atoms with Gasteiger partial charge < -0.3 is 15.4 Å². The Morgan fingerprint density at radius 3 is 3.00 bits per heavy atom. The van der Waals surface area contributed by atoms with Gasteiger partial charge in [-0.1, -0.05) is 6.07 Å². The van der Waals surface area contributed by atoms with Crippen LogP contribution >= 0.6 is 11.6 Å². The van der Waals surface area contributed by atoms with Crippen LogP contribution in [0.3, 0.4) is 0 Å². The molecule has 0 aliphatic carbocycles. The van der Waals surface area contributed by atoms with Crippen molar-refractivity contribution in [2.24, 2.45) is 0 Å². The Balaban J connectivity index is 2.19.